The Morgan fingerprint density at radius 3 is 2.91 bits per heavy atom. The third-order valence-corrected chi connectivity index (χ3v) is 3.46. The highest BCUT2D eigenvalue weighted by molar-refractivity contribution is 6.06. The number of anilines is 2. The second-order valence-corrected chi connectivity index (χ2v) is 5.06. The van der Waals surface area contributed by atoms with E-state index in [-0.39, 0.29) is 18.4 Å². The Labute approximate surface area is 127 Å². The lowest BCUT2D eigenvalue weighted by molar-refractivity contribution is -0.120. The molecule has 2 aromatic rings. The zero-order valence-electron chi connectivity index (χ0n) is 12.3. The maximum absolute atomic E-state index is 12.3. The van der Waals surface area contributed by atoms with Crippen LogP contribution < -0.4 is 15.0 Å². The largest absolute Gasteiger partial charge is 0.482 e. The number of hydrogen-bond acceptors (Lipinski definition) is 4. The molecule has 0 fully saturated rings. The zero-order valence-corrected chi connectivity index (χ0v) is 12.3. The van der Waals surface area contributed by atoms with Gasteiger partial charge in [0.2, 0.25) is 0 Å². The van der Waals surface area contributed by atoms with Crippen LogP contribution in [0.1, 0.15) is 16.1 Å². The van der Waals surface area contributed by atoms with Crippen molar-refractivity contribution in [2.24, 2.45) is 0 Å². The highest BCUT2D eigenvalue weighted by Gasteiger charge is 2.23. The van der Waals surface area contributed by atoms with Gasteiger partial charge in [-0.1, -0.05) is 0 Å². The van der Waals surface area contributed by atoms with Gasteiger partial charge in [-0.3, -0.25) is 14.6 Å². The smallest absolute Gasteiger partial charge is 0.264 e. The summed E-state index contributed by atoms with van der Waals surface area (Å²) in [5.74, 6) is 0.202. The van der Waals surface area contributed by atoms with Gasteiger partial charge in [0.15, 0.2) is 6.61 Å². The number of pyridine rings is 1. The molecule has 1 aliphatic heterocycles. The SMILES string of the molecule is Cc1cc(NC(=O)c2ccc3c(c2)N(C)C(=O)CO3)ccn1. The van der Waals surface area contributed by atoms with Crippen molar-refractivity contribution in [3.8, 4) is 5.75 Å². The molecular formula is C16H15N3O3. The molecule has 1 aliphatic rings. The van der Waals surface area contributed by atoms with Crippen molar-refractivity contribution >= 4 is 23.2 Å². The van der Waals surface area contributed by atoms with E-state index < -0.39 is 0 Å². The minimum absolute atomic E-state index is 0.0192. The minimum Gasteiger partial charge on any atom is -0.482 e. The van der Waals surface area contributed by atoms with Crippen molar-refractivity contribution in [1.29, 1.82) is 0 Å². The second kappa shape index (κ2) is 5.48. The first-order valence-electron chi connectivity index (χ1n) is 6.82. The number of carbonyl (C=O) groups is 2. The molecule has 0 aliphatic carbocycles. The number of likely N-dealkylation sites (N-methyl/N-ethyl adjacent to an activating group) is 1. The lowest BCUT2D eigenvalue weighted by atomic mass is 10.1. The third kappa shape index (κ3) is 2.63. The molecule has 1 aromatic heterocycles. The maximum atomic E-state index is 12.3. The fourth-order valence-electron chi connectivity index (χ4n) is 2.24. The first-order chi connectivity index (χ1) is 10.5. The molecule has 0 saturated carbocycles. The van der Waals surface area contributed by atoms with Crippen LogP contribution in [0.3, 0.4) is 0 Å². The van der Waals surface area contributed by atoms with Crippen LogP contribution in [0.4, 0.5) is 11.4 Å². The normalized spacial score (nSPS) is 13.4. The number of hydrogen-bond donors (Lipinski definition) is 1. The maximum Gasteiger partial charge on any atom is 0.264 e. The fraction of sp³-hybridized carbons (Fsp3) is 0.188. The van der Waals surface area contributed by atoms with Crippen LogP contribution in [0.15, 0.2) is 36.5 Å². The number of benzene rings is 1. The van der Waals surface area contributed by atoms with Crippen LogP contribution in [0, 0.1) is 6.92 Å². The summed E-state index contributed by atoms with van der Waals surface area (Å²) in [6.07, 6.45) is 1.64. The average Bonchev–Trinajstić information content (AvgIpc) is 2.51. The standard InChI is InChI=1S/C16H15N3O3/c1-10-7-12(5-6-17-10)18-16(21)11-3-4-14-13(8-11)19(2)15(20)9-22-14/h3-8H,9H2,1-2H3,(H,17,18,21). The Morgan fingerprint density at radius 1 is 1.32 bits per heavy atom. The number of fused-ring (bicyclic) bond motifs is 1. The van der Waals surface area contributed by atoms with Crippen LogP contribution in [-0.2, 0) is 4.79 Å². The monoisotopic (exact) mass is 297 g/mol. The van der Waals surface area contributed by atoms with Crippen LogP contribution in [0.5, 0.6) is 5.75 Å². The molecule has 2 amide bonds. The van der Waals surface area contributed by atoms with Gasteiger partial charge in [0.05, 0.1) is 5.69 Å². The molecule has 0 unspecified atom stereocenters. The molecule has 3 rings (SSSR count). The highest BCUT2D eigenvalue weighted by Crippen LogP contribution is 2.32. The Hall–Kier alpha value is -2.89. The summed E-state index contributed by atoms with van der Waals surface area (Å²) in [5, 5.41) is 2.81. The first kappa shape index (κ1) is 14.1. The molecule has 0 radical (unpaired) electrons. The molecule has 112 valence electrons. The van der Waals surface area contributed by atoms with Crippen LogP contribution in [0.25, 0.3) is 0 Å². The molecule has 1 aromatic carbocycles. The number of nitrogens with one attached hydrogen (secondary N) is 1. The number of amides is 2. The molecule has 0 saturated heterocycles. The summed E-state index contributed by atoms with van der Waals surface area (Å²) in [7, 11) is 1.66. The van der Waals surface area contributed by atoms with Gasteiger partial charge in [0, 0.05) is 30.2 Å². The molecule has 0 spiro atoms. The van der Waals surface area contributed by atoms with E-state index >= 15 is 0 Å². The molecule has 22 heavy (non-hydrogen) atoms. The van der Waals surface area contributed by atoms with E-state index in [1.807, 2.05) is 6.92 Å². The fourth-order valence-corrected chi connectivity index (χ4v) is 2.24. The second-order valence-electron chi connectivity index (χ2n) is 5.06. The van der Waals surface area contributed by atoms with Gasteiger partial charge in [-0.25, -0.2) is 0 Å². The van der Waals surface area contributed by atoms with Crippen molar-refractivity contribution in [2.75, 3.05) is 23.9 Å². The summed E-state index contributed by atoms with van der Waals surface area (Å²) in [5.41, 5.74) is 2.55. The van der Waals surface area contributed by atoms with E-state index in [1.54, 1.807) is 43.6 Å². The van der Waals surface area contributed by atoms with Crippen molar-refractivity contribution in [2.45, 2.75) is 6.92 Å². The number of nitrogens with zero attached hydrogens (tertiary/aromatic N) is 2. The Morgan fingerprint density at radius 2 is 2.14 bits per heavy atom. The number of carbonyl (C=O) groups excluding carboxylic acids is 2. The van der Waals surface area contributed by atoms with Gasteiger partial charge in [-0.15, -0.1) is 0 Å². The summed E-state index contributed by atoms with van der Waals surface area (Å²) in [4.78, 5) is 29.6. The van der Waals surface area contributed by atoms with Crippen LogP contribution in [0.2, 0.25) is 0 Å². The number of rotatable bonds is 2. The Kier molecular flexibility index (Phi) is 3.50. The predicted molar refractivity (Wildman–Crippen MR) is 82.3 cm³/mol. The van der Waals surface area contributed by atoms with E-state index in [0.29, 0.717) is 22.7 Å². The topological polar surface area (TPSA) is 71.5 Å². The molecular weight excluding hydrogens is 282 g/mol. The van der Waals surface area contributed by atoms with Crippen molar-refractivity contribution in [3.63, 3.8) is 0 Å². The van der Waals surface area contributed by atoms with Crippen molar-refractivity contribution in [3.05, 3.63) is 47.8 Å². The Bertz CT molecular complexity index is 758. The first-order valence-corrected chi connectivity index (χ1v) is 6.82. The van der Waals surface area contributed by atoms with E-state index in [9.17, 15) is 9.59 Å². The van der Waals surface area contributed by atoms with E-state index in [4.69, 9.17) is 4.74 Å². The summed E-state index contributed by atoms with van der Waals surface area (Å²) >= 11 is 0. The van der Waals surface area contributed by atoms with Crippen LogP contribution >= 0.6 is 0 Å². The van der Waals surface area contributed by atoms with Crippen molar-refractivity contribution in [1.82, 2.24) is 4.98 Å². The van der Waals surface area contributed by atoms with Gasteiger partial charge in [0.1, 0.15) is 5.75 Å². The molecule has 1 N–H and O–H groups in total. The number of aryl methyl sites for hydroxylation is 1. The summed E-state index contributed by atoms with van der Waals surface area (Å²) < 4.78 is 5.34. The van der Waals surface area contributed by atoms with E-state index in [1.165, 1.54) is 4.90 Å². The lowest BCUT2D eigenvalue weighted by Gasteiger charge is -2.26. The van der Waals surface area contributed by atoms with E-state index in [2.05, 4.69) is 10.3 Å². The van der Waals surface area contributed by atoms with Crippen molar-refractivity contribution < 1.29 is 14.3 Å². The molecule has 0 atom stereocenters. The average molecular weight is 297 g/mol. The third-order valence-electron chi connectivity index (χ3n) is 3.46. The molecule has 2 heterocycles. The predicted octanol–water partition coefficient (Wildman–Crippen LogP) is 2.00. The number of ether oxygens (including phenoxy) is 1. The van der Waals surface area contributed by atoms with Gasteiger partial charge in [0.25, 0.3) is 11.8 Å². The summed E-state index contributed by atoms with van der Waals surface area (Å²) in [6.45, 7) is 1.87. The minimum atomic E-state index is -0.250. The quantitative estimate of drug-likeness (QED) is 0.920. The molecule has 6 heteroatoms. The lowest BCUT2D eigenvalue weighted by Crippen LogP contribution is -2.35. The zero-order chi connectivity index (χ0) is 15.7. The molecule has 6 nitrogen and oxygen atoms in total. The Balaban J connectivity index is 1.86. The van der Waals surface area contributed by atoms with Gasteiger partial charge < -0.3 is 15.0 Å². The van der Waals surface area contributed by atoms with E-state index in [0.717, 1.165) is 5.69 Å². The van der Waals surface area contributed by atoms with Gasteiger partial charge in [-0.05, 0) is 37.3 Å². The van der Waals surface area contributed by atoms with Gasteiger partial charge in [-0.2, -0.15) is 0 Å². The number of aromatic nitrogens is 1. The van der Waals surface area contributed by atoms with Gasteiger partial charge >= 0.3 is 0 Å². The summed E-state index contributed by atoms with van der Waals surface area (Å²) in [6, 6.07) is 8.53. The molecule has 0 bridgehead atoms. The highest BCUT2D eigenvalue weighted by atomic mass is 16.5. The van der Waals surface area contributed by atoms with Crippen LogP contribution in [-0.4, -0.2) is 30.5 Å².